The zero-order valence-electron chi connectivity index (χ0n) is 16.8. The van der Waals surface area contributed by atoms with Crippen LogP contribution in [0.4, 0.5) is 0 Å². The summed E-state index contributed by atoms with van der Waals surface area (Å²) in [6.07, 6.45) is 3.28. The number of pyridine rings is 2. The van der Waals surface area contributed by atoms with Crippen LogP contribution in [-0.2, 0) is 0 Å². The normalized spacial score (nSPS) is 10.9. The number of para-hydroxylation sites is 1. The van der Waals surface area contributed by atoms with E-state index in [1.807, 2.05) is 42.5 Å². The number of nitrogens with zero attached hydrogens (tertiary/aromatic N) is 4. The van der Waals surface area contributed by atoms with E-state index in [-0.39, 0.29) is 11.4 Å². The molecule has 0 saturated heterocycles. The molecule has 2 aromatic carbocycles. The molecule has 0 saturated carbocycles. The Morgan fingerprint density at radius 1 is 1.00 bits per heavy atom. The Balaban J connectivity index is 1.49. The zero-order chi connectivity index (χ0) is 22.8. The molecule has 7 nitrogen and oxygen atoms in total. The van der Waals surface area contributed by atoms with Gasteiger partial charge in [0.05, 0.1) is 5.52 Å². The minimum atomic E-state index is -0.662. The maximum atomic E-state index is 12.3. The van der Waals surface area contributed by atoms with Crippen LogP contribution in [0, 0.1) is 0 Å². The van der Waals surface area contributed by atoms with Gasteiger partial charge in [-0.1, -0.05) is 59.0 Å². The van der Waals surface area contributed by atoms with E-state index < -0.39 is 5.91 Å². The van der Waals surface area contributed by atoms with Crippen molar-refractivity contribution in [1.29, 1.82) is 0 Å². The van der Waals surface area contributed by atoms with Crippen molar-refractivity contribution in [2.45, 2.75) is 9.24 Å². The molecule has 0 atom stereocenters. The lowest BCUT2D eigenvalue weighted by atomic mass is 10.1. The molecular weight excluding hydrogens is 478 g/mol. The number of hydrogen-bond donors (Lipinski definition) is 1. The lowest BCUT2D eigenvalue weighted by Gasteiger charge is -2.10. The Morgan fingerprint density at radius 2 is 1.82 bits per heavy atom. The topological polar surface area (TPSA) is 104 Å². The van der Waals surface area contributed by atoms with Gasteiger partial charge in [-0.05, 0) is 36.4 Å². The van der Waals surface area contributed by atoms with Crippen molar-refractivity contribution in [3.8, 4) is 22.2 Å². The number of halogens is 1. The van der Waals surface area contributed by atoms with Crippen LogP contribution in [0.2, 0.25) is 5.02 Å². The Hall–Kier alpha value is -3.53. The van der Waals surface area contributed by atoms with E-state index >= 15 is 0 Å². The second-order valence-corrected chi connectivity index (χ2v) is 9.47. The molecule has 0 aliphatic carbocycles. The lowest BCUT2D eigenvalue weighted by Crippen LogP contribution is -2.14. The molecule has 5 rings (SSSR count). The largest absolute Gasteiger partial charge is 0.438 e. The highest BCUT2D eigenvalue weighted by molar-refractivity contribution is 8.01. The fourth-order valence-corrected chi connectivity index (χ4v) is 5.30. The van der Waals surface area contributed by atoms with Crippen LogP contribution in [0.1, 0.15) is 10.4 Å². The summed E-state index contributed by atoms with van der Waals surface area (Å²) in [4.78, 5) is 21.9. The summed E-state index contributed by atoms with van der Waals surface area (Å²) in [5, 5.41) is 10.7. The molecule has 3 heterocycles. The molecule has 33 heavy (non-hydrogen) atoms. The van der Waals surface area contributed by atoms with Crippen molar-refractivity contribution in [3.05, 3.63) is 83.6 Å². The number of aromatic nitrogens is 4. The fourth-order valence-electron chi connectivity index (χ4n) is 3.17. The highest BCUT2D eigenvalue weighted by Crippen LogP contribution is 2.39. The summed E-state index contributed by atoms with van der Waals surface area (Å²) in [5.41, 5.74) is 7.15. The smallest absolute Gasteiger partial charge is 0.254 e. The number of rotatable bonds is 6. The van der Waals surface area contributed by atoms with Crippen molar-refractivity contribution in [2.24, 2.45) is 5.73 Å². The Labute approximate surface area is 201 Å². The van der Waals surface area contributed by atoms with E-state index in [4.69, 9.17) is 22.1 Å². The molecule has 0 fully saturated rings. The van der Waals surface area contributed by atoms with E-state index in [0.717, 1.165) is 15.8 Å². The molecule has 0 unspecified atom stereocenters. The molecule has 3 aromatic heterocycles. The lowest BCUT2D eigenvalue weighted by molar-refractivity contribution is 0.0998. The number of primary amides is 1. The third kappa shape index (κ3) is 4.51. The highest BCUT2D eigenvalue weighted by atomic mass is 35.5. The first kappa shape index (κ1) is 21.3. The van der Waals surface area contributed by atoms with Gasteiger partial charge in [-0.15, -0.1) is 10.2 Å². The van der Waals surface area contributed by atoms with Gasteiger partial charge in [-0.25, -0.2) is 4.98 Å². The Kier molecular flexibility index (Phi) is 5.91. The number of nitrogens with two attached hydrogens (primary N) is 1. The molecule has 0 radical (unpaired) electrons. The number of amides is 1. The van der Waals surface area contributed by atoms with Crippen molar-refractivity contribution < 1.29 is 9.53 Å². The second kappa shape index (κ2) is 9.14. The SMILES string of the molecule is NC(=O)c1c(-c2nnc(Sc3ccnc4cc(Cl)ccc34)s2)ccnc1Oc1ccccc1. The van der Waals surface area contributed by atoms with Crippen LogP contribution in [0.3, 0.4) is 0 Å². The summed E-state index contributed by atoms with van der Waals surface area (Å²) in [6, 6.07) is 18.2. The number of hydrogen-bond acceptors (Lipinski definition) is 8. The summed E-state index contributed by atoms with van der Waals surface area (Å²) < 4.78 is 6.51. The van der Waals surface area contributed by atoms with Gasteiger partial charge in [-0.2, -0.15) is 0 Å². The second-order valence-electron chi connectivity index (χ2n) is 6.76. The van der Waals surface area contributed by atoms with Crippen LogP contribution >= 0.6 is 34.7 Å². The first-order chi connectivity index (χ1) is 16.1. The van der Waals surface area contributed by atoms with Gasteiger partial charge in [-0.3, -0.25) is 9.78 Å². The number of fused-ring (bicyclic) bond motifs is 1. The Bertz CT molecular complexity index is 1480. The van der Waals surface area contributed by atoms with E-state index in [2.05, 4.69) is 20.2 Å². The molecule has 0 spiro atoms. The molecule has 2 N–H and O–H groups in total. The predicted octanol–water partition coefficient (Wildman–Crippen LogP) is 5.84. The molecule has 1 amide bonds. The molecule has 0 aliphatic heterocycles. The standard InChI is InChI=1S/C23H14ClN5O2S2/c24-13-6-7-15-17(12-13)26-11-9-18(15)32-23-29-28-22(33-23)16-8-10-27-21(19(16)20(25)30)31-14-4-2-1-3-5-14/h1-12H,(H2,25,30). The van der Waals surface area contributed by atoms with Crippen molar-refractivity contribution in [3.63, 3.8) is 0 Å². The van der Waals surface area contributed by atoms with Crippen LogP contribution in [0.25, 0.3) is 21.5 Å². The summed E-state index contributed by atoms with van der Waals surface area (Å²) in [7, 11) is 0. The number of ether oxygens (including phenoxy) is 1. The number of carbonyl (C=O) groups is 1. The molecule has 10 heteroatoms. The average molecular weight is 492 g/mol. The summed E-state index contributed by atoms with van der Waals surface area (Å²) in [6.45, 7) is 0. The van der Waals surface area contributed by atoms with Gasteiger partial charge in [0.15, 0.2) is 4.34 Å². The van der Waals surface area contributed by atoms with E-state index in [1.54, 1.807) is 30.6 Å². The molecule has 0 bridgehead atoms. The average Bonchev–Trinajstić information content (AvgIpc) is 3.28. The van der Waals surface area contributed by atoms with E-state index in [1.165, 1.54) is 23.1 Å². The first-order valence-corrected chi connectivity index (χ1v) is 11.7. The van der Waals surface area contributed by atoms with Crippen LogP contribution in [-0.4, -0.2) is 26.1 Å². The first-order valence-electron chi connectivity index (χ1n) is 9.66. The monoisotopic (exact) mass is 491 g/mol. The molecule has 5 aromatic rings. The van der Waals surface area contributed by atoms with Crippen molar-refractivity contribution in [1.82, 2.24) is 20.2 Å². The third-order valence-electron chi connectivity index (χ3n) is 4.62. The number of benzene rings is 2. The van der Waals surface area contributed by atoms with Gasteiger partial charge in [0.1, 0.15) is 16.3 Å². The van der Waals surface area contributed by atoms with Crippen molar-refractivity contribution in [2.75, 3.05) is 0 Å². The minimum absolute atomic E-state index is 0.118. The molecule has 0 aliphatic rings. The number of carbonyl (C=O) groups excluding carboxylic acids is 1. The third-order valence-corrected chi connectivity index (χ3v) is 6.94. The predicted molar refractivity (Wildman–Crippen MR) is 129 cm³/mol. The molecular formula is C23H14ClN5O2S2. The summed E-state index contributed by atoms with van der Waals surface area (Å²) in [5.74, 6) is 0.000812. The van der Waals surface area contributed by atoms with Gasteiger partial charge in [0.25, 0.3) is 5.91 Å². The summed E-state index contributed by atoms with van der Waals surface area (Å²) >= 11 is 8.89. The van der Waals surface area contributed by atoms with E-state index in [9.17, 15) is 4.79 Å². The van der Waals surface area contributed by atoms with Gasteiger partial charge in [0, 0.05) is 33.3 Å². The highest BCUT2D eigenvalue weighted by Gasteiger charge is 2.21. The van der Waals surface area contributed by atoms with Crippen LogP contribution in [0.5, 0.6) is 11.6 Å². The van der Waals surface area contributed by atoms with Gasteiger partial charge in [0.2, 0.25) is 5.88 Å². The van der Waals surface area contributed by atoms with Gasteiger partial charge >= 0.3 is 0 Å². The van der Waals surface area contributed by atoms with E-state index in [0.29, 0.717) is 25.7 Å². The Morgan fingerprint density at radius 3 is 2.64 bits per heavy atom. The fraction of sp³-hybridized carbons (Fsp3) is 0. The maximum absolute atomic E-state index is 12.3. The quantitative estimate of drug-likeness (QED) is 0.318. The molecule has 162 valence electrons. The zero-order valence-corrected chi connectivity index (χ0v) is 19.2. The van der Waals surface area contributed by atoms with Crippen molar-refractivity contribution >= 4 is 51.5 Å². The minimum Gasteiger partial charge on any atom is -0.438 e. The van der Waals surface area contributed by atoms with Crippen LogP contribution in [0.15, 0.2) is 82.3 Å². The van der Waals surface area contributed by atoms with Gasteiger partial charge < -0.3 is 10.5 Å². The maximum Gasteiger partial charge on any atom is 0.254 e. The van der Waals surface area contributed by atoms with Crippen LogP contribution < -0.4 is 10.5 Å².